The maximum absolute atomic E-state index is 12.1. The van der Waals surface area contributed by atoms with Gasteiger partial charge < -0.3 is 9.84 Å². The molecule has 116 valence electrons. The van der Waals surface area contributed by atoms with Gasteiger partial charge >= 0.3 is 0 Å². The van der Waals surface area contributed by atoms with E-state index in [0.717, 1.165) is 16.7 Å². The molecular formula is C18H17N3O2. The number of nitrogens with one attached hydrogen (secondary N) is 1. The minimum absolute atomic E-state index is 0.157. The predicted molar refractivity (Wildman–Crippen MR) is 86.8 cm³/mol. The molecule has 3 aromatic rings. The molecule has 1 aromatic heterocycles. The van der Waals surface area contributed by atoms with Crippen molar-refractivity contribution in [3.8, 4) is 11.5 Å². The number of aromatic nitrogens is 2. The van der Waals surface area contributed by atoms with Crippen molar-refractivity contribution in [3.63, 3.8) is 0 Å². The summed E-state index contributed by atoms with van der Waals surface area (Å²) < 4.78 is 5.25. The van der Waals surface area contributed by atoms with Crippen LogP contribution >= 0.6 is 0 Å². The van der Waals surface area contributed by atoms with Crippen molar-refractivity contribution in [3.05, 3.63) is 71.0 Å². The summed E-state index contributed by atoms with van der Waals surface area (Å²) in [5.74, 6) is 0.742. The van der Waals surface area contributed by atoms with E-state index in [1.165, 1.54) is 0 Å². The minimum Gasteiger partial charge on any atom is -0.345 e. The number of nitrogens with zero attached hydrogens (tertiary/aromatic N) is 2. The highest BCUT2D eigenvalue weighted by atomic mass is 16.5. The van der Waals surface area contributed by atoms with Gasteiger partial charge in [0, 0.05) is 11.1 Å². The van der Waals surface area contributed by atoms with Crippen LogP contribution < -0.4 is 5.32 Å². The first kappa shape index (κ1) is 15.0. The first-order valence-electron chi connectivity index (χ1n) is 7.36. The molecule has 5 heteroatoms. The lowest BCUT2D eigenvalue weighted by molar-refractivity contribution is 0.0949. The standard InChI is InChI=1S/C18H17N3O2/c1-12-5-3-7-14(9-12)17(22)19-11-16-20-18(23-21-16)15-8-4-6-13(2)10-15/h3-10H,11H2,1-2H3,(H,19,22). The minimum atomic E-state index is -0.157. The third kappa shape index (κ3) is 3.63. The van der Waals surface area contributed by atoms with E-state index in [-0.39, 0.29) is 12.5 Å². The maximum atomic E-state index is 12.1. The lowest BCUT2D eigenvalue weighted by Gasteiger charge is -2.03. The van der Waals surface area contributed by atoms with E-state index in [1.807, 2.05) is 56.3 Å². The van der Waals surface area contributed by atoms with Gasteiger partial charge in [0.15, 0.2) is 5.82 Å². The molecule has 0 saturated heterocycles. The van der Waals surface area contributed by atoms with Gasteiger partial charge in [-0.2, -0.15) is 4.98 Å². The third-order valence-electron chi connectivity index (χ3n) is 3.42. The Bertz CT molecular complexity index is 840. The van der Waals surface area contributed by atoms with E-state index in [1.54, 1.807) is 6.07 Å². The van der Waals surface area contributed by atoms with E-state index in [0.29, 0.717) is 17.3 Å². The van der Waals surface area contributed by atoms with Gasteiger partial charge in [-0.25, -0.2) is 0 Å². The summed E-state index contributed by atoms with van der Waals surface area (Å²) in [6.45, 7) is 4.18. The molecule has 2 aromatic carbocycles. The molecule has 5 nitrogen and oxygen atoms in total. The van der Waals surface area contributed by atoms with Crippen LogP contribution in [0.4, 0.5) is 0 Å². The average Bonchev–Trinajstić information content (AvgIpc) is 3.01. The van der Waals surface area contributed by atoms with Crippen molar-refractivity contribution in [1.82, 2.24) is 15.5 Å². The Kier molecular flexibility index (Phi) is 4.19. The molecule has 3 rings (SSSR count). The smallest absolute Gasteiger partial charge is 0.257 e. The second-order valence-electron chi connectivity index (χ2n) is 5.44. The molecule has 0 bridgehead atoms. The lowest BCUT2D eigenvalue weighted by Crippen LogP contribution is -2.23. The molecule has 0 aliphatic carbocycles. The summed E-state index contributed by atoms with van der Waals surface area (Å²) in [4.78, 5) is 16.4. The molecule has 0 aliphatic rings. The number of rotatable bonds is 4. The van der Waals surface area contributed by atoms with Crippen molar-refractivity contribution in [1.29, 1.82) is 0 Å². The lowest BCUT2D eigenvalue weighted by atomic mass is 10.1. The fourth-order valence-corrected chi connectivity index (χ4v) is 2.27. The Hall–Kier alpha value is -2.95. The molecule has 0 spiro atoms. The van der Waals surface area contributed by atoms with Gasteiger partial charge in [-0.1, -0.05) is 40.5 Å². The molecule has 1 N–H and O–H groups in total. The van der Waals surface area contributed by atoms with Gasteiger partial charge in [0.2, 0.25) is 0 Å². The van der Waals surface area contributed by atoms with Crippen LogP contribution in [0, 0.1) is 13.8 Å². The van der Waals surface area contributed by atoms with Gasteiger partial charge in [0.1, 0.15) is 0 Å². The zero-order valence-electron chi connectivity index (χ0n) is 13.0. The van der Waals surface area contributed by atoms with Gasteiger partial charge in [0.05, 0.1) is 6.54 Å². The van der Waals surface area contributed by atoms with Crippen LogP contribution in [-0.4, -0.2) is 16.0 Å². The molecule has 0 fully saturated rings. The first-order chi connectivity index (χ1) is 11.1. The maximum Gasteiger partial charge on any atom is 0.257 e. The Labute approximate surface area is 134 Å². The van der Waals surface area contributed by atoms with Crippen LogP contribution in [0.3, 0.4) is 0 Å². The molecule has 0 aliphatic heterocycles. The van der Waals surface area contributed by atoms with Crippen LogP contribution in [0.25, 0.3) is 11.5 Å². The summed E-state index contributed by atoms with van der Waals surface area (Å²) in [5, 5.41) is 6.70. The molecule has 0 unspecified atom stereocenters. The molecule has 1 amide bonds. The van der Waals surface area contributed by atoms with Crippen LogP contribution in [0.1, 0.15) is 27.3 Å². The van der Waals surface area contributed by atoms with E-state index in [9.17, 15) is 4.79 Å². The molecular weight excluding hydrogens is 290 g/mol. The SMILES string of the molecule is Cc1cccc(C(=O)NCc2noc(-c3cccc(C)c3)n2)c1. The highest BCUT2D eigenvalue weighted by Gasteiger charge is 2.11. The monoisotopic (exact) mass is 307 g/mol. The summed E-state index contributed by atoms with van der Waals surface area (Å²) in [7, 11) is 0. The quantitative estimate of drug-likeness (QED) is 0.803. The number of aryl methyl sites for hydroxylation is 2. The Balaban J connectivity index is 1.67. The highest BCUT2D eigenvalue weighted by Crippen LogP contribution is 2.18. The van der Waals surface area contributed by atoms with Crippen LogP contribution in [0.15, 0.2) is 53.1 Å². The Morgan fingerprint density at radius 1 is 1.09 bits per heavy atom. The number of carbonyl (C=O) groups is 1. The first-order valence-corrected chi connectivity index (χ1v) is 7.36. The van der Waals surface area contributed by atoms with Gasteiger partial charge in [0.25, 0.3) is 11.8 Å². The van der Waals surface area contributed by atoms with Crippen LogP contribution in [0.5, 0.6) is 0 Å². The van der Waals surface area contributed by atoms with Crippen LogP contribution in [0.2, 0.25) is 0 Å². The van der Waals surface area contributed by atoms with Crippen molar-refractivity contribution >= 4 is 5.91 Å². The van der Waals surface area contributed by atoms with E-state index in [2.05, 4.69) is 15.5 Å². The fourth-order valence-electron chi connectivity index (χ4n) is 2.27. The van der Waals surface area contributed by atoms with Crippen molar-refractivity contribution in [2.24, 2.45) is 0 Å². The summed E-state index contributed by atoms with van der Waals surface area (Å²) in [5.41, 5.74) is 3.65. The molecule has 0 atom stereocenters. The van der Waals surface area contributed by atoms with Gasteiger partial charge in [-0.05, 0) is 38.1 Å². The summed E-state index contributed by atoms with van der Waals surface area (Å²) in [6, 6.07) is 15.2. The number of carbonyl (C=O) groups excluding carboxylic acids is 1. The zero-order chi connectivity index (χ0) is 16.2. The summed E-state index contributed by atoms with van der Waals surface area (Å²) >= 11 is 0. The number of hydrogen-bond acceptors (Lipinski definition) is 4. The normalized spacial score (nSPS) is 10.5. The third-order valence-corrected chi connectivity index (χ3v) is 3.42. The van der Waals surface area contributed by atoms with Gasteiger partial charge in [-0.3, -0.25) is 4.79 Å². The van der Waals surface area contributed by atoms with Crippen molar-refractivity contribution in [2.75, 3.05) is 0 Å². The summed E-state index contributed by atoms with van der Waals surface area (Å²) in [6.07, 6.45) is 0. The second kappa shape index (κ2) is 6.44. The Morgan fingerprint density at radius 3 is 2.57 bits per heavy atom. The van der Waals surface area contributed by atoms with E-state index >= 15 is 0 Å². The predicted octanol–water partition coefficient (Wildman–Crippen LogP) is 3.28. The molecule has 1 heterocycles. The van der Waals surface area contributed by atoms with E-state index < -0.39 is 0 Å². The molecule has 0 radical (unpaired) electrons. The second-order valence-corrected chi connectivity index (χ2v) is 5.44. The topological polar surface area (TPSA) is 68.0 Å². The highest BCUT2D eigenvalue weighted by molar-refractivity contribution is 5.94. The largest absolute Gasteiger partial charge is 0.345 e. The van der Waals surface area contributed by atoms with Crippen molar-refractivity contribution < 1.29 is 9.32 Å². The number of hydrogen-bond donors (Lipinski definition) is 1. The molecule has 23 heavy (non-hydrogen) atoms. The van der Waals surface area contributed by atoms with E-state index in [4.69, 9.17) is 4.52 Å². The Morgan fingerprint density at radius 2 is 1.83 bits per heavy atom. The average molecular weight is 307 g/mol. The number of benzene rings is 2. The van der Waals surface area contributed by atoms with Gasteiger partial charge in [-0.15, -0.1) is 0 Å². The molecule has 0 saturated carbocycles. The zero-order valence-corrected chi connectivity index (χ0v) is 13.0. The fraction of sp³-hybridized carbons (Fsp3) is 0.167. The van der Waals surface area contributed by atoms with Crippen molar-refractivity contribution in [2.45, 2.75) is 20.4 Å². The number of amides is 1. The van der Waals surface area contributed by atoms with Crippen LogP contribution in [-0.2, 0) is 6.54 Å².